The van der Waals surface area contributed by atoms with Crippen LogP contribution in [0.15, 0.2) is 55.0 Å². The van der Waals surface area contributed by atoms with Crippen molar-refractivity contribution in [2.45, 2.75) is 0 Å². The number of nitrogens with zero attached hydrogens (tertiary/aromatic N) is 2. The number of aromatic nitrogens is 3. The number of hydrogen-bond acceptors (Lipinski definition) is 3. The fourth-order valence-corrected chi connectivity index (χ4v) is 2.66. The Labute approximate surface area is 121 Å². The number of benzene rings is 1. The number of ether oxygens (including phenoxy) is 1. The molecule has 0 fully saturated rings. The van der Waals surface area contributed by atoms with Crippen LogP contribution in [0.3, 0.4) is 0 Å². The third-order valence-corrected chi connectivity index (χ3v) is 3.65. The summed E-state index contributed by atoms with van der Waals surface area (Å²) in [5, 5.41) is 2.19. The van der Waals surface area contributed by atoms with E-state index in [2.05, 4.69) is 21.0 Å². The fourth-order valence-electron chi connectivity index (χ4n) is 2.66. The van der Waals surface area contributed by atoms with Crippen LogP contribution < -0.4 is 4.74 Å². The molecule has 1 aromatic carbocycles. The number of methoxy groups -OCH3 is 1. The molecule has 4 heteroatoms. The minimum atomic E-state index is 0.863. The van der Waals surface area contributed by atoms with Gasteiger partial charge in [0.2, 0.25) is 0 Å². The van der Waals surface area contributed by atoms with Crippen molar-refractivity contribution >= 4 is 21.8 Å². The molecular weight excluding hydrogens is 262 g/mol. The molecule has 0 saturated carbocycles. The van der Waals surface area contributed by atoms with Crippen molar-refractivity contribution in [3.8, 4) is 17.0 Å². The molecule has 0 atom stereocenters. The van der Waals surface area contributed by atoms with Crippen LogP contribution >= 0.6 is 0 Å². The van der Waals surface area contributed by atoms with Gasteiger partial charge in [-0.1, -0.05) is 6.07 Å². The smallest absolute Gasteiger partial charge is 0.128 e. The zero-order chi connectivity index (χ0) is 14.2. The Bertz CT molecular complexity index is 929. The van der Waals surface area contributed by atoms with E-state index in [9.17, 15) is 0 Å². The Morgan fingerprint density at radius 2 is 2.00 bits per heavy atom. The van der Waals surface area contributed by atoms with Gasteiger partial charge in [-0.15, -0.1) is 0 Å². The van der Waals surface area contributed by atoms with Gasteiger partial charge in [-0.05, 0) is 30.3 Å². The highest BCUT2D eigenvalue weighted by Gasteiger charge is 2.11. The summed E-state index contributed by atoms with van der Waals surface area (Å²) in [4.78, 5) is 12.0. The Morgan fingerprint density at radius 3 is 2.81 bits per heavy atom. The number of fused-ring (bicyclic) bond motifs is 3. The van der Waals surface area contributed by atoms with Gasteiger partial charge in [0, 0.05) is 28.7 Å². The third kappa shape index (κ3) is 1.84. The lowest BCUT2D eigenvalue weighted by molar-refractivity contribution is 0.420. The van der Waals surface area contributed by atoms with Gasteiger partial charge in [0.15, 0.2) is 0 Å². The second-order valence-electron chi connectivity index (χ2n) is 4.86. The van der Waals surface area contributed by atoms with Gasteiger partial charge in [0.25, 0.3) is 0 Å². The van der Waals surface area contributed by atoms with E-state index < -0.39 is 0 Å². The summed E-state index contributed by atoms with van der Waals surface area (Å²) in [6.07, 6.45) is 5.44. The first kappa shape index (κ1) is 11.9. The topological polar surface area (TPSA) is 50.8 Å². The van der Waals surface area contributed by atoms with E-state index in [4.69, 9.17) is 4.74 Å². The minimum absolute atomic E-state index is 0.863. The highest BCUT2D eigenvalue weighted by Crippen LogP contribution is 2.34. The van der Waals surface area contributed by atoms with E-state index in [0.717, 1.165) is 38.8 Å². The normalized spacial score (nSPS) is 11.1. The van der Waals surface area contributed by atoms with E-state index in [-0.39, 0.29) is 0 Å². The molecule has 0 aliphatic rings. The van der Waals surface area contributed by atoms with Crippen molar-refractivity contribution in [3.05, 3.63) is 55.0 Å². The lowest BCUT2D eigenvalue weighted by atomic mass is 10.1. The second kappa shape index (κ2) is 4.59. The largest absolute Gasteiger partial charge is 0.496 e. The zero-order valence-corrected chi connectivity index (χ0v) is 11.5. The summed E-state index contributed by atoms with van der Waals surface area (Å²) in [6, 6.07) is 12.0. The summed E-state index contributed by atoms with van der Waals surface area (Å²) in [7, 11) is 1.69. The maximum Gasteiger partial charge on any atom is 0.128 e. The third-order valence-electron chi connectivity index (χ3n) is 3.65. The summed E-state index contributed by atoms with van der Waals surface area (Å²) >= 11 is 0. The molecule has 0 bridgehead atoms. The standard InChI is InChI=1S/C17H13N3O/c1-21-16-6-2-5-13-17(16)12-8-14(19-10-15(12)20-13)11-4-3-7-18-9-11/h2-10,20H,1H3. The van der Waals surface area contributed by atoms with Gasteiger partial charge in [0.1, 0.15) is 5.75 Å². The Hall–Kier alpha value is -2.88. The van der Waals surface area contributed by atoms with E-state index >= 15 is 0 Å². The molecule has 3 aromatic heterocycles. The first-order chi connectivity index (χ1) is 10.4. The maximum atomic E-state index is 5.49. The molecule has 1 N–H and O–H groups in total. The van der Waals surface area contributed by atoms with E-state index in [1.165, 1.54) is 0 Å². The SMILES string of the molecule is COc1cccc2[nH]c3cnc(-c4cccnc4)cc3c12. The molecule has 102 valence electrons. The Kier molecular flexibility index (Phi) is 2.60. The van der Waals surface area contributed by atoms with Crippen LogP contribution in [0.4, 0.5) is 0 Å². The van der Waals surface area contributed by atoms with Gasteiger partial charge in [-0.2, -0.15) is 0 Å². The van der Waals surface area contributed by atoms with Gasteiger partial charge in [0.05, 0.1) is 30.0 Å². The van der Waals surface area contributed by atoms with Gasteiger partial charge in [-0.3, -0.25) is 9.97 Å². The molecule has 0 aliphatic carbocycles. The zero-order valence-electron chi connectivity index (χ0n) is 11.5. The molecule has 0 unspecified atom stereocenters. The number of H-pyrrole nitrogens is 1. The number of nitrogens with one attached hydrogen (secondary N) is 1. The Balaban J connectivity index is 2.04. The number of aromatic amines is 1. The van der Waals surface area contributed by atoms with Crippen molar-refractivity contribution in [2.24, 2.45) is 0 Å². The summed E-state index contributed by atoms with van der Waals surface area (Å²) in [5.74, 6) is 0.863. The summed E-state index contributed by atoms with van der Waals surface area (Å²) in [6.45, 7) is 0. The molecule has 4 aromatic rings. The first-order valence-corrected chi connectivity index (χ1v) is 6.71. The van der Waals surface area contributed by atoms with Gasteiger partial charge >= 0.3 is 0 Å². The molecule has 4 rings (SSSR count). The first-order valence-electron chi connectivity index (χ1n) is 6.71. The van der Waals surface area contributed by atoms with Crippen molar-refractivity contribution in [3.63, 3.8) is 0 Å². The number of hydrogen-bond donors (Lipinski definition) is 1. The van der Waals surface area contributed by atoms with E-state index in [0.29, 0.717) is 0 Å². The molecule has 0 amide bonds. The second-order valence-corrected chi connectivity index (χ2v) is 4.86. The maximum absolute atomic E-state index is 5.49. The molecule has 3 heterocycles. The average Bonchev–Trinajstić information content (AvgIpc) is 2.93. The van der Waals surface area contributed by atoms with E-state index in [1.807, 2.05) is 42.7 Å². The van der Waals surface area contributed by atoms with Crippen molar-refractivity contribution in [2.75, 3.05) is 7.11 Å². The van der Waals surface area contributed by atoms with Gasteiger partial charge in [-0.25, -0.2) is 0 Å². The highest BCUT2D eigenvalue weighted by molar-refractivity contribution is 6.11. The quantitative estimate of drug-likeness (QED) is 0.605. The Morgan fingerprint density at radius 1 is 1.05 bits per heavy atom. The molecule has 0 saturated heterocycles. The van der Waals surface area contributed by atoms with Crippen molar-refractivity contribution in [1.82, 2.24) is 15.0 Å². The van der Waals surface area contributed by atoms with E-state index in [1.54, 1.807) is 13.3 Å². The van der Waals surface area contributed by atoms with Crippen LogP contribution in [0.5, 0.6) is 5.75 Å². The molecule has 21 heavy (non-hydrogen) atoms. The fraction of sp³-hybridized carbons (Fsp3) is 0.0588. The summed E-state index contributed by atoms with van der Waals surface area (Å²) in [5.41, 5.74) is 3.96. The van der Waals surface area contributed by atoms with Gasteiger partial charge < -0.3 is 9.72 Å². The lowest BCUT2D eigenvalue weighted by Gasteiger charge is -2.03. The predicted octanol–water partition coefficient (Wildman–Crippen LogP) is 3.79. The molecule has 0 aliphatic heterocycles. The summed E-state index contributed by atoms with van der Waals surface area (Å²) < 4.78 is 5.49. The van der Waals surface area contributed by atoms with Crippen LogP contribution in [0.1, 0.15) is 0 Å². The molecule has 4 nitrogen and oxygen atoms in total. The van der Waals surface area contributed by atoms with Crippen molar-refractivity contribution < 1.29 is 4.74 Å². The van der Waals surface area contributed by atoms with Crippen LogP contribution in [0.25, 0.3) is 33.1 Å². The average molecular weight is 275 g/mol. The lowest BCUT2D eigenvalue weighted by Crippen LogP contribution is -1.85. The van der Waals surface area contributed by atoms with Crippen LogP contribution in [-0.4, -0.2) is 22.1 Å². The van der Waals surface area contributed by atoms with Crippen LogP contribution in [0, 0.1) is 0 Å². The highest BCUT2D eigenvalue weighted by atomic mass is 16.5. The molecule has 0 spiro atoms. The van der Waals surface area contributed by atoms with Crippen LogP contribution in [0.2, 0.25) is 0 Å². The predicted molar refractivity (Wildman–Crippen MR) is 83.4 cm³/mol. The molecular formula is C17H13N3O. The number of rotatable bonds is 2. The monoisotopic (exact) mass is 275 g/mol. The molecule has 0 radical (unpaired) electrons. The minimum Gasteiger partial charge on any atom is -0.496 e. The van der Waals surface area contributed by atoms with Crippen molar-refractivity contribution in [1.29, 1.82) is 0 Å². The number of pyridine rings is 2. The van der Waals surface area contributed by atoms with Crippen LogP contribution in [-0.2, 0) is 0 Å².